The van der Waals surface area contributed by atoms with Crippen LogP contribution in [0.4, 0.5) is 0 Å². The molecule has 0 aromatic heterocycles. The number of hydrogen-bond acceptors (Lipinski definition) is 1. The van der Waals surface area contributed by atoms with Crippen molar-refractivity contribution in [1.29, 1.82) is 0 Å². The van der Waals surface area contributed by atoms with Gasteiger partial charge >= 0.3 is 0 Å². The highest BCUT2D eigenvalue weighted by Crippen LogP contribution is 2.38. The van der Waals surface area contributed by atoms with Crippen LogP contribution in [0.3, 0.4) is 0 Å². The third kappa shape index (κ3) is 3.73. The van der Waals surface area contributed by atoms with Crippen LogP contribution in [-0.4, -0.2) is 8.32 Å². The van der Waals surface area contributed by atoms with E-state index < -0.39 is 8.32 Å². The van der Waals surface area contributed by atoms with Crippen molar-refractivity contribution < 1.29 is 4.43 Å². The average molecular weight is 413 g/mol. The van der Waals surface area contributed by atoms with Crippen molar-refractivity contribution in [1.82, 2.24) is 0 Å². The summed E-state index contributed by atoms with van der Waals surface area (Å²) in [6.07, 6.45) is 0. The van der Waals surface area contributed by atoms with E-state index in [1.54, 1.807) is 0 Å². The molecule has 0 aliphatic carbocycles. The van der Waals surface area contributed by atoms with E-state index in [0.29, 0.717) is 0 Å². The van der Waals surface area contributed by atoms with Gasteiger partial charge in [0.1, 0.15) is 5.75 Å². The summed E-state index contributed by atoms with van der Waals surface area (Å²) in [6.45, 7) is 11.3. The molecular formula is C12H18BrIOSi. The van der Waals surface area contributed by atoms with E-state index >= 15 is 0 Å². The van der Waals surface area contributed by atoms with E-state index in [1.165, 1.54) is 3.57 Å². The molecule has 1 nitrogen and oxygen atoms in total. The van der Waals surface area contributed by atoms with E-state index in [2.05, 4.69) is 84.5 Å². The lowest BCUT2D eigenvalue weighted by atomic mass is 10.2. The van der Waals surface area contributed by atoms with Crippen LogP contribution >= 0.6 is 38.5 Å². The fourth-order valence-electron chi connectivity index (χ4n) is 1.04. The first-order chi connectivity index (χ1) is 7.12. The first-order valence-electron chi connectivity index (χ1n) is 5.27. The molecule has 0 atom stereocenters. The lowest BCUT2D eigenvalue weighted by molar-refractivity contribution is 0.491. The van der Waals surface area contributed by atoms with Gasteiger partial charge < -0.3 is 4.43 Å². The first-order valence-corrected chi connectivity index (χ1v) is 10.0. The minimum absolute atomic E-state index is 0.237. The molecule has 0 fully saturated rings. The van der Waals surface area contributed by atoms with Crippen molar-refractivity contribution in [3.05, 3.63) is 26.2 Å². The van der Waals surface area contributed by atoms with Crippen LogP contribution in [0.5, 0.6) is 5.75 Å². The fraction of sp³-hybridized carbons (Fsp3) is 0.500. The van der Waals surface area contributed by atoms with Gasteiger partial charge in [-0.1, -0.05) is 36.7 Å². The number of hydrogen-bond donors (Lipinski definition) is 0. The van der Waals surface area contributed by atoms with Crippen LogP contribution in [0.2, 0.25) is 18.1 Å². The summed E-state index contributed by atoms with van der Waals surface area (Å²) in [4.78, 5) is 0. The SMILES string of the molecule is CC(C)(C)[Si](C)(C)Oc1cc(Br)cc(I)c1. The van der Waals surface area contributed by atoms with Crippen LogP contribution in [0, 0.1) is 3.57 Å². The Hall–Kier alpha value is 0.447. The Bertz CT molecular complexity index is 365. The van der Waals surface area contributed by atoms with Gasteiger partial charge in [0.25, 0.3) is 0 Å². The van der Waals surface area contributed by atoms with E-state index in [0.717, 1.165) is 10.2 Å². The zero-order chi connectivity index (χ0) is 12.6. The van der Waals surface area contributed by atoms with E-state index in [-0.39, 0.29) is 5.04 Å². The molecule has 1 aromatic rings. The van der Waals surface area contributed by atoms with Gasteiger partial charge in [-0.15, -0.1) is 0 Å². The fourth-order valence-corrected chi connectivity index (χ4v) is 3.59. The number of rotatable bonds is 2. The van der Waals surface area contributed by atoms with Gasteiger partial charge in [0.05, 0.1) is 0 Å². The van der Waals surface area contributed by atoms with Crippen molar-refractivity contribution in [3.8, 4) is 5.75 Å². The van der Waals surface area contributed by atoms with E-state index in [4.69, 9.17) is 4.43 Å². The Morgan fingerprint density at radius 1 is 1.19 bits per heavy atom. The van der Waals surface area contributed by atoms with Crippen LogP contribution in [0.25, 0.3) is 0 Å². The molecule has 1 rings (SSSR count). The molecule has 0 radical (unpaired) electrons. The van der Waals surface area contributed by atoms with Gasteiger partial charge in [-0.05, 0) is 58.9 Å². The van der Waals surface area contributed by atoms with Crippen LogP contribution in [-0.2, 0) is 0 Å². The molecule has 0 saturated heterocycles. The summed E-state index contributed by atoms with van der Waals surface area (Å²) < 4.78 is 8.50. The van der Waals surface area contributed by atoms with Crippen LogP contribution < -0.4 is 4.43 Å². The molecule has 0 amide bonds. The summed E-state index contributed by atoms with van der Waals surface area (Å²) in [5.74, 6) is 0.977. The second-order valence-corrected chi connectivity index (χ2v) is 12.4. The standard InChI is InChI=1S/C12H18BrIOSi/c1-12(2,3)16(4,5)15-11-7-9(13)6-10(14)8-11/h6-8H,1-5H3. The summed E-state index contributed by atoms with van der Waals surface area (Å²) in [6, 6.07) is 6.22. The molecule has 0 heterocycles. The van der Waals surface area contributed by atoms with Gasteiger partial charge in [-0.3, -0.25) is 0 Å². The highest BCUT2D eigenvalue weighted by atomic mass is 127. The maximum Gasteiger partial charge on any atom is 0.250 e. The maximum atomic E-state index is 6.23. The van der Waals surface area contributed by atoms with Crippen LogP contribution in [0.15, 0.2) is 22.7 Å². The second kappa shape index (κ2) is 4.98. The van der Waals surface area contributed by atoms with Crippen molar-refractivity contribution in [2.24, 2.45) is 0 Å². The molecule has 90 valence electrons. The molecule has 0 unspecified atom stereocenters. The van der Waals surface area contributed by atoms with Crippen molar-refractivity contribution in [3.63, 3.8) is 0 Å². The second-order valence-electron chi connectivity index (χ2n) is 5.47. The summed E-state index contributed by atoms with van der Waals surface area (Å²) in [5.41, 5.74) is 0. The molecular weight excluding hydrogens is 395 g/mol. The van der Waals surface area contributed by atoms with Gasteiger partial charge in [0, 0.05) is 8.04 Å². The zero-order valence-electron chi connectivity index (χ0n) is 10.4. The molecule has 4 heteroatoms. The molecule has 0 N–H and O–H groups in total. The smallest absolute Gasteiger partial charge is 0.250 e. The highest BCUT2D eigenvalue weighted by Gasteiger charge is 2.38. The summed E-state index contributed by atoms with van der Waals surface area (Å²) >= 11 is 5.81. The first kappa shape index (κ1) is 14.5. The minimum atomic E-state index is -1.72. The van der Waals surface area contributed by atoms with Crippen LogP contribution in [0.1, 0.15) is 20.8 Å². The summed E-state index contributed by atoms with van der Waals surface area (Å²) in [5, 5.41) is 0.237. The highest BCUT2D eigenvalue weighted by molar-refractivity contribution is 14.1. The lowest BCUT2D eigenvalue weighted by Gasteiger charge is -2.36. The van der Waals surface area contributed by atoms with E-state index in [1.807, 2.05) is 6.07 Å². The third-order valence-corrected chi connectivity index (χ3v) is 8.45. The molecule has 0 spiro atoms. The molecule has 1 aromatic carbocycles. The number of benzene rings is 1. The molecule has 0 bridgehead atoms. The number of halogens is 2. The topological polar surface area (TPSA) is 9.23 Å². The summed E-state index contributed by atoms with van der Waals surface area (Å²) in [7, 11) is -1.72. The van der Waals surface area contributed by atoms with E-state index in [9.17, 15) is 0 Å². The Labute approximate surface area is 121 Å². The quantitative estimate of drug-likeness (QED) is 0.464. The Balaban J connectivity index is 2.96. The molecule has 0 aliphatic heterocycles. The molecule has 16 heavy (non-hydrogen) atoms. The Morgan fingerprint density at radius 3 is 2.19 bits per heavy atom. The normalized spacial score (nSPS) is 12.7. The van der Waals surface area contributed by atoms with Crippen molar-refractivity contribution >= 4 is 46.8 Å². The predicted molar refractivity (Wildman–Crippen MR) is 84.7 cm³/mol. The van der Waals surface area contributed by atoms with Crippen molar-refractivity contribution in [2.75, 3.05) is 0 Å². The Morgan fingerprint density at radius 2 is 1.75 bits per heavy atom. The predicted octanol–water partition coefficient (Wildman–Crippen LogP) is 5.44. The lowest BCUT2D eigenvalue weighted by Crippen LogP contribution is -2.43. The Kier molecular flexibility index (Phi) is 4.51. The maximum absolute atomic E-state index is 6.23. The largest absolute Gasteiger partial charge is 0.543 e. The van der Waals surface area contributed by atoms with Gasteiger partial charge in [0.2, 0.25) is 8.32 Å². The van der Waals surface area contributed by atoms with Gasteiger partial charge in [-0.2, -0.15) is 0 Å². The monoisotopic (exact) mass is 412 g/mol. The molecule has 0 aliphatic rings. The minimum Gasteiger partial charge on any atom is -0.543 e. The third-order valence-electron chi connectivity index (χ3n) is 3.02. The van der Waals surface area contributed by atoms with Gasteiger partial charge in [0.15, 0.2) is 0 Å². The average Bonchev–Trinajstić information content (AvgIpc) is 1.97. The van der Waals surface area contributed by atoms with Gasteiger partial charge in [-0.25, -0.2) is 0 Å². The van der Waals surface area contributed by atoms with Crippen molar-refractivity contribution in [2.45, 2.75) is 38.9 Å². The molecule has 0 saturated carbocycles. The zero-order valence-corrected chi connectivity index (χ0v) is 15.1.